The first kappa shape index (κ1) is 38.3. The Hall–Kier alpha value is -3.94. The van der Waals surface area contributed by atoms with Gasteiger partial charge in [0.1, 0.15) is 18.0 Å². The van der Waals surface area contributed by atoms with Crippen molar-refractivity contribution in [3.63, 3.8) is 0 Å². The molecule has 0 saturated heterocycles. The fourth-order valence-electron chi connectivity index (χ4n) is 13.2. The number of ether oxygens (including phenoxy) is 1. The molecule has 0 bridgehead atoms. The number of nitriles is 1. The van der Waals surface area contributed by atoms with Crippen molar-refractivity contribution in [3.8, 4) is 17.7 Å². The van der Waals surface area contributed by atoms with E-state index in [1.54, 1.807) is 13.8 Å². The van der Waals surface area contributed by atoms with Gasteiger partial charge >= 0.3 is 11.9 Å². The number of carbonyl (C=O) groups excluding carboxylic acids is 2. The lowest BCUT2D eigenvalue weighted by molar-refractivity contribution is -0.232. The van der Waals surface area contributed by atoms with Gasteiger partial charge in [-0.15, -0.1) is 10.2 Å². The maximum atomic E-state index is 14.3. The quantitative estimate of drug-likeness (QED) is 0.278. The molecular weight excluding hydrogens is 681 g/mol. The van der Waals surface area contributed by atoms with Gasteiger partial charge in [-0.3, -0.25) is 14.4 Å². The first-order valence-corrected chi connectivity index (χ1v) is 20.0. The van der Waals surface area contributed by atoms with E-state index in [1.165, 1.54) is 18.0 Å². The van der Waals surface area contributed by atoms with Crippen LogP contribution in [-0.4, -0.2) is 53.7 Å². The number of carboxylic acids is 1. The van der Waals surface area contributed by atoms with Crippen LogP contribution in [0.1, 0.15) is 138 Å². The number of esters is 1. The van der Waals surface area contributed by atoms with Crippen LogP contribution < -0.4 is 0 Å². The molecule has 290 valence electrons. The van der Waals surface area contributed by atoms with Crippen molar-refractivity contribution in [1.82, 2.24) is 24.7 Å². The lowest BCUT2D eigenvalue weighted by Gasteiger charge is -2.72. The molecule has 0 radical (unpaired) electrons. The third-order valence-corrected chi connectivity index (χ3v) is 16.1. The van der Waals surface area contributed by atoms with Gasteiger partial charge in [-0.2, -0.15) is 5.26 Å². The van der Waals surface area contributed by atoms with Gasteiger partial charge in [0.2, 0.25) is 5.82 Å². The predicted octanol–water partition coefficient (Wildman–Crippen LogP) is 7.79. The van der Waals surface area contributed by atoms with Crippen LogP contribution in [-0.2, 0) is 31.6 Å². The highest BCUT2D eigenvalue weighted by molar-refractivity contribution is 6.01. The van der Waals surface area contributed by atoms with E-state index in [4.69, 9.17) is 9.84 Å². The lowest BCUT2D eigenvalue weighted by atomic mass is 9.33. The van der Waals surface area contributed by atoms with Crippen molar-refractivity contribution >= 4 is 17.7 Å². The van der Waals surface area contributed by atoms with E-state index in [9.17, 15) is 24.8 Å². The fraction of sp³-hybridized carbons (Fsp3) is 0.721. The summed E-state index contributed by atoms with van der Waals surface area (Å²) in [6.45, 7) is 19.6. The maximum absolute atomic E-state index is 14.3. The summed E-state index contributed by atoms with van der Waals surface area (Å²) >= 11 is 0. The molecule has 11 heteroatoms. The summed E-state index contributed by atoms with van der Waals surface area (Å²) < 4.78 is 8.16. The highest BCUT2D eigenvalue weighted by atomic mass is 16.5. The number of hydrogen-bond donors (Lipinski definition) is 1. The summed E-state index contributed by atoms with van der Waals surface area (Å²) in [6.07, 6.45) is 10.7. The zero-order valence-electron chi connectivity index (χ0n) is 33.9. The number of ketones is 1. The molecule has 54 heavy (non-hydrogen) atoms. The molecule has 5 aliphatic rings. The SMILES string of the molecule is CC(C)C1=C2[C@H]3CCC4[C@@]5(C)CC[C@H](OC(=O)CC(C)(C)C(=O)O)C(C)(C)[C@@H]5CC[C@@]4(C)[C@]3(C)CC[C@@]2(c2nnc(-c3ncc(C#N)cn3)n2C)CC1=O. The van der Waals surface area contributed by atoms with Crippen LogP contribution in [0.25, 0.3) is 11.6 Å². The minimum atomic E-state index is -1.17. The standard InChI is InChI=1S/C43H58N6O5/c1-24(2)32-27(50)19-43(36-48-47-35(49(36)10)34-45-22-25(21-44)23-46-34)18-17-41(8)26(33(32)43)11-12-29-40(7)15-14-30(54-31(51)20-38(3,4)37(52)53)39(5,6)28(40)13-16-42(29,41)9/h22-24,26,28-30H,11-20H2,1-10H3,(H,52,53)/t26-,28+,29?,30+,40+,41-,42-,43-/m1/s1. The minimum absolute atomic E-state index is 0.0283. The van der Waals surface area contributed by atoms with E-state index in [2.05, 4.69) is 69.6 Å². The van der Waals surface area contributed by atoms with Crippen LogP contribution in [0.5, 0.6) is 0 Å². The zero-order valence-corrected chi connectivity index (χ0v) is 33.9. The van der Waals surface area contributed by atoms with Crippen LogP contribution in [0.15, 0.2) is 23.5 Å². The number of fused-ring (bicyclic) bond motifs is 7. The van der Waals surface area contributed by atoms with Crippen LogP contribution in [0.2, 0.25) is 0 Å². The third kappa shape index (κ3) is 5.27. The van der Waals surface area contributed by atoms with Crippen molar-refractivity contribution in [2.75, 3.05) is 0 Å². The summed E-state index contributed by atoms with van der Waals surface area (Å²) in [5.74, 6) is 1.67. The second kappa shape index (κ2) is 12.5. The molecule has 2 aromatic rings. The van der Waals surface area contributed by atoms with Gasteiger partial charge in [0.15, 0.2) is 11.6 Å². The third-order valence-electron chi connectivity index (χ3n) is 16.1. The summed E-state index contributed by atoms with van der Waals surface area (Å²) in [5, 5.41) is 28.3. The Kier molecular flexibility index (Phi) is 8.90. The van der Waals surface area contributed by atoms with E-state index in [0.717, 1.165) is 62.8 Å². The minimum Gasteiger partial charge on any atom is -0.481 e. The predicted molar refractivity (Wildman–Crippen MR) is 201 cm³/mol. The van der Waals surface area contributed by atoms with Crippen molar-refractivity contribution < 1.29 is 24.2 Å². The number of Topliss-reactive ketones (excluding diaryl/α,β-unsaturated/α-hetero) is 1. The molecule has 0 aromatic carbocycles. The first-order chi connectivity index (χ1) is 25.2. The zero-order chi connectivity index (χ0) is 39.4. The Balaban J connectivity index is 1.22. The van der Waals surface area contributed by atoms with Gasteiger partial charge in [-0.25, -0.2) is 9.97 Å². The van der Waals surface area contributed by atoms with Gasteiger partial charge in [-0.1, -0.05) is 48.5 Å². The molecular formula is C43H58N6O5. The van der Waals surface area contributed by atoms with Crippen molar-refractivity contribution in [1.29, 1.82) is 5.26 Å². The first-order valence-electron chi connectivity index (χ1n) is 20.0. The van der Waals surface area contributed by atoms with E-state index >= 15 is 0 Å². The number of allylic oxidation sites excluding steroid dienone is 2. The molecule has 0 spiro atoms. The summed E-state index contributed by atoms with van der Waals surface area (Å²) in [5.41, 5.74) is 0.716. The van der Waals surface area contributed by atoms with Crippen LogP contribution >= 0.6 is 0 Å². The number of hydrogen-bond acceptors (Lipinski definition) is 9. The molecule has 4 fully saturated rings. The molecule has 1 unspecified atom stereocenters. The summed E-state index contributed by atoms with van der Waals surface area (Å²) in [4.78, 5) is 48.0. The monoisotopic (exact) mass is 738 g/mol. The molecule has 2 aromatic heterocycles. The van der Waals surface area contributed by atoms with Crippen LogP contribution in [0.4, 0.5) is 0 Å². The second-order valence-electron chi connectivity index (χ2n) is 19.8. The Morgan fingerprint density at radius 2 is 1.67 bits per heavy atom. The van der Waals surface area contributed by atoms with Crippen molar-refractivity contribution in [2.24, 2.45) is 57.8 Å². The van der Waals surface area contributed by atoms with Crippen molar-refractivity contribution in [3.05, 3.63) is 34.9 Å². The van der Waals surface area contributed by atoms with E-state index in [-0.39, 0.29) is 51.8 Å². The molecule has 4 saturated carbocycles. The number of aromatic nitrogens is 5. The molecule has 5 aliphatic carbocycles. The van der Waals surface area contributed by atoms with Gasteiger partial charge in [0.25, 0.3) is 0 Å². The maximum Gasteiger partial charge on any atom is 0.309 e. The topological polar surface area (TPSA) is 161 Å². The molecule has 11 nitrogen and oxygen atoms in total. The number of carbonyl (C=O) groups is 3. The number of nitrogens with zero attached hydrogens (tertiary/aromatic N) is 6. The normalized spacial score (nSPS) is 35.8. The lowest BCUT2D eigenvalue weighted by Crippen LogP contribution is -2.66. The summed E-state index contributed by atoms with van der Waals surface area (Å²) in [6, 6.07) is 2.07. The molecule has 1 N–H and O–H groups in total. The molecule has 0 amide bonds. The Labute approximate surface area is 319 Å². The van der Waals surface area contributed by atoms with E-state index < -0.39 is 22.8 Å². The second-order valence-corrected chi connectivity index (χ2v) is 19.8. The van der Waals surface area contributed by atoms with Crippen molar-refractivity contribution in [2.45, 2.75) is 138 Å². The van der Waals surface area contributed by atoms with Gasteiger partial charge in [0.05, 0.1) is 22.8 Å². The fourth-order valence-corrected chi connectivity index (χ4v) is 13.2. The Morgan fingerprint density at radius 3 is 2.30 bits per heavy atom. The molecule has 2 heterocycles. The highest BCUT2D eigenvalue weighted by Crippen LogP contribution is 2.76. The van der Waals surface area contributed by atoms with E-state index in [1.807, 2.05) is 11.6 Å². The van der Waals surface area contributed by atoms with Crippen LogP contribution in [0.3, 0.4) is 0 Å². The largest absolute Gasteiger partial charge is 0.481 e. The summed E-state index contributed by atoms with van der Waals surface area (Å²) in [7, 11) is 1.95. The highest BCUT2D eigenvalue weighted by Gasteiger charge is 2.71. The van der Waals surface area contributed by atoms with Gasteiger partial charge in [-0.05, 0) is 116 Å². The van der Waals surface area contributed by atoms with Gasteiger partial charge in [0, 0.05) is 31.3 Å². The number of rotatable bonds is 7. The smallest absolute Gasteiger partial charge is 0.309 e. The number of carboxylic acid groups (broad SMARTS) is 1. The number of aliphatic carboxylic acids is 1. The molecule has 7 rings (SSSR count). The van der Waals surface area contributed by atoms with Crippen LogP contribution in [0, 0.1) is 62.1 Å². The van der Waals surface area contributed by atoms with E-state index in [0.29, 0.717) is 35.5 Å². The Bertz CT molecular complexity index is 1970. The molecule has 0 aliphatic heterocycles. The average Bonchev–Trinajstić information content (AvgIpc) is 3.63. The van der Waals surface area contributed by atoms with Gasteiger partial charge < -0.3 is 14.4 Å². The molecule has 8 atom stereocenters. The average molecular weight is 739 g/mol. The Morgan fingerprint density at radius 1 is 0.981 bits per heavy atom.